The zero-order chi connectivity index (χ0) is 34.9. The summed E-state index contributed by atoms with van der Waals surface area (Å²) >= 11 is 0. The van der Waals surface area contributed by atoms with Gasteiger partial charge in [-0.05, 0) is 0 Å². The normalized spacial score (nSPS) is 43.8. The lowest BCUT2D eigenvalue weighted by molar-refractivity contribution is -0.372. The summed E-state index contributed by atoms with van der Waals surface area (Å²) in [6.45, 7) is -3.40. The van der Waals surface area contributed by atoms with E-state index >= 15 is 0 Å². The molecule has 3 aliphatic rings. The second kappa shape index (κ2) is 14.5. The Bertz CT molecular complexity index is 1090. The highest BCUT2D eigenvalue weighted by molar-refractivity contribution is 5.77. The molecule has 3 rings (SSSR count). The first kappa shape index (κ1) is 38.2. The van der Waals surface area contributed by atoms with Gasteiger partial charge in [-0.25, -0.2) is 14.4 Å². The number of aliphatic carboxylic acids is 3. The Hall–Kier alpha value is -2.23. The summed E-state index contributed by atoms with van der Waals surface area (Å²) in [5.41, 5.74) is 0. The minimum atomic E-state index is -3.21. The van der Waals surface area contributed by atoms with Gasteiger partial charge in [-0.1, -0.05) is 0 Å². The van der Waals surface area contributed by atoms with Crippen molar-refractivity contribution in [2.45, 2.75) is 110 Å². The minimum Gasteiger partial charge on any atom is -0.477 e. The molecule has 0 aromatic rings. The fourth-order valence-corrected chi connectivity index (χ4v) is 5.34. The molecular weight excluding hydrogens is 640 g/mol. The highest BCUT2D eigenvalue weighted by Gasteiger charge is 2.61. The quantitative estimate of drug-likeness (QED) is 0.0859. The van der Waals surface area contributed by atoms with Crippen LogP contribution in [0.1, 0.15) is 19.3 Å². The fraction of sp³-hybridized carbons (Fsp3) is 0.875. The van der Waals surface area contributed by atoms with E-state index in [1.165, 1.54) is 0 Å². The summed E-state index contributed by atoms with van der Waals surface area (Å²) in [5.74, 6) is -15.4. The summed E-state index contributed by atoms with van der Waals surface area (Å²) < 4.78 is 25.9. The van der Waals surface area contributed by atoms with E-state index in [0.717, 1.165) is 0 Å². The van der Waals surface area contributed by atoms with Crippen molar-refractivity contribution < 1.29 is 110 Å². The molecule has 0 amide bonds. The third kappa shape index (κ3) is 7.41. The van der Waals surface area contributed by atoms with Crippen LogP contribution in [-0.2, 0) is 38.1 Å². The molecule has 3 fully saturated rings. The van der Waals surface area contributed by atoms with Gasteiger partial charge in [-0.15, -0.1) is 0 Å². The number of rotatable bonds is 13. The molecule has 0 aliphatic carbocycles. The van der Waals surface area contributed by atoms with Gasteiger partial charge in [0, 0.05) is 19.3 Å². The van der Waals surface area contributed by atoms with Gasteiger partial charge < -0.3 is 95.2 Å². The maximum Gasteiger partial charge on any atom is 0.364 e. The predicted octanol–water partition coefficient (Wildman–Crippen LogP) is -8.04. The van der Waals surface area contributed by atoms with Gasteiger partial charge in [0.25, 0.3) is 17.4 Å². The Labute approximate surface area is 257 Å². The molecular formula is C24H38O22. The molecule has 0 spiro atoms. The number of ether oxygens (including phenoxy) is 5. The summed E-state index contributed by atoms with van der Waals surface area (Å²) in [6.07, 6.45) is -28.1. The Balaban J connectivity index is 1.88. The van der Waals surface area contributed by atoms with Crippen LogP contribution in [0.4, 0.5) is 0 Å². The first-order chi connectivity index (χ1) is 21.3. The third-order valence-electron chi connectivity index (χ3n) is 7.92. The van der Waals surface area contributed by atoms with Gasteiger partial charge >= 0.3 is 17.9 Å². The van der Waals surface area contributed by atoms with Crippen molar-refractivity contribution in [1.82, 2.24) is 0 Å². The fourth-order valence-electron chi connectivity index (χ4n) is 5.34. The first-order valence-electron chi connectivity index (χ1n) is 13.7. The van der Waals surface area contributed by atoms with Crippen LogP contribution in [0.5, 0.6) is 0 Å². The van der Waals surface area contributed by atoms with Crippen LogP contribution < -0.4 is 0 Å². The first-order valence-corrected chi connectivity index (χ1v) is 13.7. The van der Waals surface area contributed by atoms with E-state index in [-0.39, 0.29) is 0 Å². The van der Waals surface area contributed by atoms with Crippen molar-refractivity contribution in [3.63, 3.8) is 0 Å². The number of aliphatic hydroxyl groups excluding tert-OH is 10. The average molecular weight is 679 g/mol. The number of hydrogen-bond donors (Lipinski definition) is 14. The minimum absolute atomic E-state index is 1.00. The SMILES string of the molecule is O=C(O)C1(O)C[C@@H](OC2(C(=O)O)C[C@@H](O)[C@@H](O)[C@@H]([C@H](O)COC3(C(=O)O)C[C@@H](O)[C@@H](O)[C@@H]([C@H](O)CO)O3)O2)[C@@H](O)[C@@H]([C@H](O)CO)O1. The molecule has 3 heterocycles. The van der Waals surface area contributed by atoms with Gasteiger partial charge in [0.15, 0.2) is 0 Å². The molecule has 14 N–H and O–H groups in total. The molecule has 0 aromatic carbocycles. The molecule has 46 heavy (non-hydrogen) atoms. The van der Waals surface area contributed by atoms with E-state index in [0.29, 0.717) is 0 Å². The Morgan fingerprint density at radius 3 is 1.54 bits per heavy atom. The topological polar surface area (TPSA) is 381 Å². The average Bonchev–Trinajstić information content (AvgIpc) is 2.99. The summed E-state index contributed by atoms with van der Waals surface area (Å²) in [4.78, 5) is 36.3. The maximum atomic E-state index is 12.5. The van der Waals surface area contributed by atoms with E-state index < -0.39 is 148 Å². The molecule has 3 aliphatic heterocycles. The van der Waals surface area contributed by atoms with Crippen LogP contribution >= 0.6 is 0 Å². The molecule has 3 saturated heterocycles. The van der Waals surface area contributed by atoms with Gasteiger partial charge in [0.1, 0.15) is 54.9 Å². The predicted molar refractivity (Wildman–Crippen MR) is 135 cm³/mol. The largest absolute Gasteiger partial charge is 0.477 e. The molecule has 0 aromatic heterocycles. The third-order valence-corrected chi connectivity index (χ3v) is 7.92. The van der Waals surface area contributed by atoms with E-state index in [4.69, 9.17) is 23.7 Å². The number of carboxylic acids is 3. The zero-order valence-electron chi connectivity index (χ0n) is 23.7. The molecule has 0 bridgehead atoms. The number of aliphatic hydroxyl groups is 11. The lowest BCUT2D eigenvalue weighted by atomic mass is 9.90. The Morgan fingerprint density at radius 2 is 1.09 bits per heavy atom. The van der Waals surface area contributed by atoms with Gasteiger partial charge in [-0.2, -0.15) is 0 Å². The molecule has 22 heteroatoms. The maximum absolute atomic E-state index is 12.5. The lowest BCUT2D eigenvalue weighted by Gasteiger charge is -2.49. The van der Waals surface area contributed by atoms with E-state index in [2.05, 4.69) is 0 Å². The van der Waals surface area contributed by atoms with Gasteiger partial charge in [0.05, 0.1) is 38.1 Å². The monoisotopic (exact) mass is 678 g/mol. The van der Waals surface area contributed by atoms with Crippen molar-refractivity contribution >= 4 is 17.9 Å². The van der Waals surface area contributed by atoms with Crippen LogP contribution in [0.15, 0.2) is 0 Å². The highest BCUT2D eigenvalue weighted by atomic mass is 16.8. The Kier molecular flexibility index (Phi) is 12.0. The van der Waals surface area contributed by atoms with Crippen molar-refractivity contribution in [1.29, 1.82) is 0 Å². The summed E-state index contributed by atoms with van der Waals surface area (Å²) in [7, 11) is 0. The summed E-state index contributed by atoms with van der Waals surface area (Å²) in [6, 6.07) is 0. The van der Waals surface area contributed by atoms with Gasteiger partial charge in [0.2, 0.25) is 0 Å². The van der Waals surface area contributed by atoms with Crippen molar-refractivity contribution in [3.05, 3.63) is 0 Å². The Morgan fingerprint density at radius 1 is 0.652 bits per heavy atom. The van der Waals surface area contributed by atoms with E-state index in [9.17, 15) is 85.9 Å². The second-order valence-electron chi connectivity index (χ2n) is 11.2. The molecule has 266 valence electrons. The van der Waals surface area contributed by atoms with Crippen LogP contribution in [0, 0.1) is 0 Å². The van der Waals surface area contributed by atoms with E-state index in [1.54, 1.807) is 0 Å². The smallest absolute Gasteiger partial charge is 0.364 e. The lowest BCUT2D eigenvalue weighted by Crippen LogP contribution is -2.67. The number of carbonyl (C=O) groups is 3. The van der Waals surface area contributed by atoms with Crippen molar-refractivity contribution in [2.75, 3.05) is 19.8 Å². The molecule has 3 unspecified atom stereocenters. The van der Waals surface area contributed by atoms with Crippen LogP contribution in [0.2, 0.25) is 0 Å². The standard InChI is InChI=1S/C24H38O22/c25-4-9(29)16-13(32)7(27)1-23(45-16,20(37)38)42-6-11(31)18-14(33)8(28)2-24(46-18,21(39)40)43-12-3-22(41,19(35)36)44-17(15(12)34)10(30)5-26/h7-18,25-34,41H,1-6H2,(H,35,36)(H,37,38)(H,39,40)/t7-,8-,9-,10-,11-,12-,13-,14-,15-,16-,17-,18-,22?,23?,24?/m1/s1. The van der Waals surface area contributed by atoms with Crippen molar-refractivity contribution in [2.24, 2.45) is 0 Å². The van der Waals surface area contributed by atoms with Crippen LogP contribution in [0.25, 0.3) is 0 Å². The molecule has 22 nitrogen and oxygen atoms in total. The molecule has 0 saturated carbocycles. The molecule has 0 radical (unpaired) electrons. The number of hydrogen-bond acceptors (Lipinski definition) is 19. The van der Waals surface area contributed by atoms with E-state index in [1.807, 2.05) is 0 Å². The summed E-state index contributed by atoms with van der Waals surface area (Å²) in [5, 5.41) is 141. The van der Waals surface area contributed by atoms with Crippen LogP contribution in [0.3, 0.4) is 0 Å². The van der Waals surface area contributed by atoms with Gasteiger partial charge in [-0.3, -0.25) is 0 Å². The second-order valence-corrected chi connectivity index (χ2v) is 11.2. The van der Waals surface area contributed by atoms with Crippen molar-refractivity contribution in [3.8, 4) is 0 Å². The highest BCUT2D eigenvalue weighted by Crippen LogP contribution is 2.39. The zero-order valence-corrected chi connectivity index (χ0v) is 23.7. The number of carboxylic acid groups (broad SMARTS) is 3. The van der Waals surface area contributed by atoms with Crippen LogP contribution in [-0.4, -0.2) is 200 Å². The molecule has 15 atom stereocenters.